The molecule has 0 fully saturated rings. The first-order chi connectivity index (χ1) is 9.84. The first-order valence-corrected chi connectivity index (χ1v) is 7.62. The van der Waals surface area contributed by atoms with Gasteiger partial charge in [-0.1, -0.05) is 60.7 Å². The molecule has 0 amide bonds. The van der Waals surface area contributed by atoms with Crippen LogP contribution in [0.2, 0.25) is 0 Å². The lowest BCUT2D eigenvalue weighted by molar-refractivity contribution is 1.62. The highest BCUT2D eigenvalue weighted by molar-refractivity contribution is 7.19. The normalized spacial score (nSPS) is 11.2. The van der Waals surface area contributed by atoms with Crippen LogP contribution in [0, 0.1) is 6.92 Å². The van der Waals surface area contributed by atoms with Crippen LogP contribution in [0.15, 0.2) is 66.7 Å². The fourth-order valence-electron chi connectivity index (χ4n) is 2.95. The molecule has 0 unspecified atom stereocenters. The van der Waals surface area contributed by atoms with Crippen molar-refractivity contribution in [2.45, 2.75) is 6.92 Å². The highest BCUT2D eigenvalue weighted by Crippen LogP contribution is 2.40. The smallest absolute Gasteiger partial charge is 0.0352 e. The quantitative estimate of drug-likeness (QED) is 0.397. The Morgan fingerprint density at radius 1 is 0.700 bits per heavy atom. The van der Waals surface area contributed by atoms with Gasteiger partial charge in [0.15, 0.2) is 0 Å². The van der Waals surface area contributed by atoms with E-state index in [2.05, 4.69) is 73.7 Å². The fourth-order valence-corrected chi connectivity index (χ4v) is 4.02. The van der Waals surface area contributed by atoms with E-state index in [0.717, 1.165) is 0 Å². The van der Waals surface area contributed by atoms with Gasteiger partial charge in [0.2, 0.25) is 0 Å². The van der Waals surface area contributed by atoms with Crippen molar-refractivity contribution in [2.24, 2.45) is 0 Å². The van der Waals surface area contributed by atoms with Crippen LogP contribution in [0.3, 0.4) is 0 Å². The molecule has 1 heteroatoms. The molecule has 1 heterocycles. The minimum absolute atomic E-state index is 1.31. The SMILES string of the molecule is Cc1sc2ccccc2c1-c1cccc2ccccc12. The van der Waals surface area contributed by atoms with Crippen molar-refractivity contribution in [1.82, 2.24) is 0 Å². The summed E-state index contributed by atoms with van der Waals surface area (Å²) in [4.78, 5) is 1.39. The number of rotatable bonds is 1. The van der Waals surface area contributed by atoms with Gasteiger partial charge in [0, 0.05) is 20.5 Å². The first-order valence-electron chi connectivity index (χ1n) is 6.81. The molecular formula is C19H14S. The van der Waals surface area contributed by atoms with Gasteiger partial charge in [-0.3, -0.25) is 0 Å². The van der Waals surface area contributed by atoms with E-state index >= 15 is 0 Å². The lowest BCUT2D eigenvalue weighted by atomic mass is 9.96. The summed E-state index contributed by atoms with van der Waals surface area (Å²) >= 11 is 1.88. The Hall–Kier alpha value is -2.12. The molecule has 0 saturated heterocycles. The molecule has 0 aliphatic heterocycles. The molecule has 0 atom stereocenters. The highest BCUT2D eigenvalue weighted by Gasteiger charge is 2.12. The molecule has 0 saturated carbocycles. The van der Waals surface area contributed by atoms with E-state index < -0.39 is 0 Å². The summed E-state index contributed by atoms with van der Waals surface area (Å²) in [5.41, 5.74) is 2.74. The van der Waals surface area contributed by atoms with Gasteiger partial charge in [-0.25, -0.2) is 0 Å². The Morgan fingerprint density at radius 2 is 1.40 bits per heavy atom. The van der Waals surface area contributed by atoms with Gasteiger partial charge in [-0.2, -0.15) is 0 Å². The second kappa shape index (κ2) is 4.46. The third kappa shape index (κ3) is 1.67. The van der Waals surface area contributed by atoms with Crippen LogP contribution in [0.1, 0.15) is 4.88 Å². The largest absolute Gasteiger partial charge is 0.140 e. The van der Waals surface area contributed by atoms with E-state index in [1.54, 1.807) is 0 Å². The van der Waals surface area contributed by atoms with E-state index in [4.69, 9.17) is 0 Å². The van der Waals surface area contributed by atoms with Crippen molar-refractivity contribution in [2.75, 3.05) is 0 Å². The third-order valence-corrected chi connectivity index (χ3v) is 4.92. The van der Waals surface area contributed by atoms with E-state index in [-0.39, 0.29) is 0 Å². The summed E-state index contributed by atoms with van der Waals surface area (Å²) in [7, 11) is 0. The van der Waals surface area contributed by atoms with Crippen LogP contribution in [-0.4, -0.2) is 0 Å². The molecule has 20 heavy (non-hydrogen) atoms. The van der Waals surface area contributed by atoms with E-state index in [9.17, 15) is 0 Å². The zero-order valence-electron chi connectivity index (χ0n) is 11.3. The maximum Gasteiger partial charge on any atom is 0.0352 e. The molecule has 96 valence electrons. The predicted molar refractivity (Wildman–Crippen MR) is 89.5 cm³/mol. The fraction of sp³-hybridized carbons (Fsp3) is 0.0526. The topological polar surface area (TPSA) is 0 Å². The standard InChI is InChI=1S/C19H14S/c1-13-19(17-10-4-5-12-18(17)20-13)16-11-6-8-14-7-2-3-9-15(14)16/h2-12H,1H3. The highest BCUT2D eigenvalue weighted by atomic mass is 32.1. The van der Waals surface area contributed by atoms with Crippen LogP contribution in [0.5, 0.6) is 0 Å². The molecule has 0 N–H and O–H groups in total. The van der Waals surface area contributed by atoms with Crippen LogP contribution in [0.25, 0.3) is 32.0 Å². The predicted octanol–water partition coefficient (Wildman–Crippen LogP) is 6.03. The molecule has 0 bridgehead atoms. The molecular weight excluding hydrogens is 260 g/mol. The Labute approximate surface area is 122 Å². The Balaban J connectivity index is 2.14. The molecule has 0 spiro atoms. The van der Waals surface area contributed by atoms with Gasteiger partial charge in [0.05, 0.1) is 0 Å². The minimum atomic E-state index is 1.31. The summed E-state index contributed by atoms with van der Waals surface area (Å²) in [5, 5.41) is 4.01. The Morgan fingerprint density at radius 3 is 2.30 bits per heavy atom. The van der Waals surface area contributed by atoms with Crippen LogP contribution < -0.4 is 0 Å². The van der Waals surface area contributed by atoms with Gasteiger partial charge in [0.1, 0.15) is 0 Å². The molecule has 0 aliphatic rings. The molecule has 0 radical (unpaired) electrons. The molecule has 0 nitrogen and oxygen atoms in total. The van der Waals surface area contributed by atoms with Gasteiger partial charge >= 0.3 is 0 Å². The van der Waals surface area contributed by atoms with Crippen molar-refractivity contribution < 1.29 is 0 Å². The van der Waals surface area contributed by atoms with Gasteiger partial charge in [-0.05, 0) is 29.3 Å². The van der Waals surface area contributed by atoms with Gasteiger partial charge in [0.25, 0.3) is 0 Å². The number of hydrogen-bond donors (Lipinski definition) is 0. The average molecular weight is 274 g/mol. The summed E-state index contributed by atoms with van der Waals surface area (Å²) in [5.74, 6) is 0. The number of benzene rings is 3. The van der Waals surface area contributed by atoms with Crippen molar-refractivity contribution in [3.63, 3.8) is 0 Å². The molecule has 0 aliphatic carbocycles. The van der Waals surface area contributed by atoms with Gasteiger partial charge in [-0.15, -0.1) is 11.3 Å². The molecule has 4 aromatic rings. The Kier molecular flexibility index (Phi) is 2.61. The number of aryl methyl sites for hydroxylation is 1. The van der Waals surface area contributed by atoms with Gasteiger partial charge < -0.3 is 0 Å². The van der Waals surface area contributed by atoms with Crippen molar-refractivity contribution in [3.05, 3.63) is 71.6 Å². The minimum Gasteiger partial charge on any atom is -0.140 e. The Bertz CT molecular complexity index is 910. The summed E-state index contributed by atoms with van der Waals surface area (Å²) < 4.78 is 1.37. The molecule has 4 rings (SSSR count). The zero-order chi connectivity index (χ0) is 13.5. The van der Waals surface area contributed by atoms with E-state index in [0.29, 0.717) is 0 Å². The van der Waals surface area contributed by atoms with Crippen LogP contribution in [-0.2, 0) is 0 Å². The summed E-state index contributed by atoms with van der Waals surface area (Å²) in [6, 6.07) is 23.9. The lowest BCUT2D eigenvalue weighted by Crippen LogP contribution is -1.81. The molecule has 1 aromatic heterocycles. The maximum atomic E-state index is 2.24. The third-order valence-electron chi connectivity index (χ3n) is 3.83. The van der Waals surface area contributed by atoms with Crippen LogP contribution >= 0.6 is 11.3 Å². The second-order valence-corrected chi connectivity index (χ2v) is 6.31. The van der Waals surface area contributed by atoms with E-state index in [1.807, 2.05) is 11.3 Å². The summed E-state index contributed by atoms with van der Waals surface area (Å²) in [6.07, 6.45) is 0. The number of thiophene rings is 1. The van der Waals surface area contributed by atoms with E-state index in [1.165, 1.54) is 36.9 Å². The van der Waals surface area contributed by atoms with Crippen molar-refractivity contribution in [3.8, 4) is 11.1 Å². The second-order valence-electron chi connectivity index (χ2n) is 5.06. The molecule has 3 aromatic carbocycles. The monoisotopic (exact) mass is 274 g/mol. The van der Waals surface area contributed by atoms with Crippen LogP contribution in [0.4, 0.5) is 0 Å². The number of hydrogen-bond acceptors (Lipinski definition) is 1. The zero-order valence-corrected chi connectivity index (χ0v) is 12.1. The summed E-state index contributed by atoms with van der Waals surface area (Å²) in [6.45, 7) is 2.22. The average Bonchev–Trinajstić information content (AvgIpc) is 2.82. The maximum absolute atomic E-state index is 2.24. The number of fused-ring (bicyclic) bond motifs is 2. The van der Waals surface area contributed by atoms with Crippen molar-refractivity contribution in [1.29, 1.82) is 0 Å². The first kappa shape index (κ1) is 11.7. The van der Waals surface area contributed by atoms with Crippen molar-refractivity contribution >= 4 is 32.2 Å². The lowest BCUT2D eigenvalue weighted by Gasteiger charge is -2.07.